The van der Waals surface area contributed by atoms with Crippen LogP contribution in [0.2, 0.25) is 0 Å². The molecule has 1 unspecified atom stereocenters. The number of aryl methyl sites for hydroxylation is 3. The highest BCUT2D eigenvalue weighted by molar-refractivity contribution is 9.09. The zero-order chi connectivity index (χ0) is 13.7. The van der Waals surface area contributed by atoms with Gasteiger partial charge in [-0.3, -0.25) is 4.98 Å². The molecular formula is C17H20BrN. The van der Waals surface area contributed by atoms with E-state index in [1.54, 1.807) is 0 Å². The third-order valence-electron chi connectivity index (χ3n) is 3.23. The smallest absolute Gasteiger partial charge is 0.0414 e. The lowest BCUT2D eigenvalue weighted by Gasteiger charge is -2.10. The highest BCUT2D eigenvalue weighted by atomic mass is 79.9. The van der Waals surface area contributed by atoms with E-state index in [0.29, 0.717) is 4.83 Å². The Labute approximate surface area is 124 Å². The van der Waals surface area contributed by atoms with E-state index in [1.807, 2.05) is 6.20 Å². The first-order valence-electron chi connectivity index (χ1n) is 6.74. The van der Waals surface area contributed by atoms with Gasteiger partial charge < -0.3 is 0 Å². The largest absolute Gasteiger partial charge is 0.261 e. The summed E-state index contributed by atoms with van der Waals surface area (Å²) in [6.45, 7) is 4.21. The van der Waals surface area contributed by atoms with Gasteiger partial charge in [-0.1, -0.05) is 51.8 Å². The van der Waals surface area contributed by atoms with Crippen molar-refractivity contribution in [3.63, 3.8) is 0 Å². The van der Waals surface area contributed by atoms with Crippen LogP contribution in [-0.4, -0.2) is 9.81 Å². The number of hydrogen-bond acceptors (Lipinski definition) is 1. The Morgan fingerprint density at radius 3 is 2.63 bits per heavy atom. The third kappa shape index (κ3) is 4.79. The molecule has 0 radical (unpaired) electrons. The van der Waals surface area contributed by atoms with Crippen molar-refractivity contribution in [2.24, 2.45) is 0 Å². The zero-order valence-corrected chi connectivity index (χ0v) is 13.2. The number of benzene rings is 1. The molecule has 0 aliphatic rings. The first-order valence-corrected chi connectivity index (χ1v) is 7.66. The number of hydrogen-bond donors (Lipinski definition) is 0. The molecule has 0 bridgehead atoms. The van der Waals surface area contributed by atoms with Gasteiger partial charge in [0.1, 0.15) is 0 Å². The molecule has 0 N–H and O–H groups in total. The lowest BCUT2D eigenvalue weighted by molar-refractivity contribution is 0.750. The van der Waals surface area contributed by atoms with Crippen LogP contribution in [0.3, 0.4) is 0 Å². The van der Waals surface area contributed by atoms with E-state index in [1.165, 1.54) is 16.7 Å². The van der Waals surface area contributed by atoms with Crippen LogP contribution in [0.15, 0.2) is 42.6 Å². The molecule has 1 aromatic heterocycles. The molecular weight excluding hydrogens is 298 g/mol. The predicted octanol–water partition coefficient (Wildman–Crippen LogP) is 4.64. The summed E-state index contributed by atoms with van der Waals surface area (Å²) in [6.07, 6.45) is 5.18. The van der Waals surface area contributed by atoms with Crippen molar-refractivity contribution in [3.8, 4) is 0 Å². The standard InChI is InChI=1S/C17H20BrN/c1-13-4-3-5-15(10-13)7-8-16(18)11-17-9-6-14(2)12-19-17/h3-6,9-10,12,16H,7-8,11H2,1-2H3. The van der Waals surface area contributed by atoms with Gasteiger partial charge in [-0.05, 0) is 43.9 Å². The van der Waals surface area contributed by atoms with E-state index in [-0.39, 0.29) is 0 Å². The Morgan fingerprint density at radius 1 is 1.11 bits per heavy atom. The lowest BCUT2D eigenvalue weighted by Crippen LogP contribution is -2.06. The minimum atomic E-state index is 0.489. The topological polar surface area (TPSA) is 12.9 Å². The number of nitrogens with zero attached hydrogens (tertiary/aromatic N) is 1. The SMILES string of the molecule is Cc1ccc(CC(Br)CCc2cccc(C)c2)nc1. The Kier molecular flexibility index (Phi) is 5.15. The molecule has 19 heavy (non-hydrogen) atoms. The molecule has 0 fully saturated rings. The van der Waals surface area contributed by atoms with Crippen LogP contribution >= 0.6 is 15.9 Å². The second kappa shape index (κ2) is 6.85. The van der Waals surface area contributed by atoms with E-state index in [0.717, 1.165) is 25.0 Å². The second-order valence-corrected chi connectivity index (χ2v) is 6.45. The highest BCUT2D eigenvalue weighted by Gasteiger charge is 2.07. The molecule has 0 aliphatic heterocycles. The first kappa shape index (κ1) is 14.3. The molecule has 2 aromatic rings. The van der Waals surface area contributed by atoms with Gasteiger partial charge in [0.15, 0.2) is 0 Å². The van der Waals surface area contributed by atoms with Crippen molar-refractivity contribution in [2.75, 3.05) is 0 Å². The van der Waals surface area contributed by atoms with Gasteiger partial charge in [0.2, 0.25) is 0 Å². The molecule has 0 spiro atoms. The molecule has 0 aliphatic carbocycles. The molecule has 2 heteroatoms. The van der Waals surface area contributed by atoms with Crippen LogP contribution in [0.5, 0.6) is 0 Å². The number of halogens is 1. The van der Waals surface area contributed by atoms with Crippen molar-refractivity contribution in [1.29, 1.82) is 0 Å². The summed E-state index contributed by atoms with van der Waals surface area (Å²) in [4.78, 5) is 4.95. The zero-order valence-electron chi connectivity index (χ0n) is 11.6. The van der Waals surface area contributed by atoms with Crippen molar-refractivity contribution < 1.29 is 0 Å². The molecule has 100 valence electrons. The molecule has 1 nitrogen and oxygen atoms in total. The normalized spacial score (nSPS) is 12.4. The summed E-state index contributed by atoms with van der Waals surface area (Å²) in [6, 6.07) is 13.0. The highest BCUT2D eigenvalue weighted by Crippen LogP contribution is 2.16. The third-order valence-corrected chi connectivity index (χ3v) is 4.01. The summed E-state index contributed by atoms with van der Waals surface area (Å²) in [5.41, 5.74) is 5.14. The maximum absolute atomic E-state index is 4.46. The van der Waals surface area contributed by atoms with Crippen LogP contribution < -0.4 is 0 Å². The maximum Gasteiger partial charge on any atom is 0.0414 e. The number of pyridine rings is 1. The molecule has 0 saturated heterocycles. The minimum absolute atomic E-state index is 0.489. The number of aromatic nitrogens is 1. The molecule has 0 amide bonds. The molecule has 0 saturated carbocycles. The average molecular weight is 318 g/mol. The second-order valence-electron chi connectivity index (χ2n) is 5.16. The lowest BCUT2D eigenvalue weighted by atomic mass is 10.0. The molecule has 1 aromatic carbocycles. The van der Waals surface area contributed by atoms with Crippen LogP contribution in [-0.2, 0) is 12.8 Å². The van der Waals surface area contributed by atoms with Gasteiger partial charge in [-0.25, -0.2) is 0 Å². The number of rotatable bonds is 5. The van der Waals surface area contributed by atoms with E-state index < -0.39 is 0 Å². The van der Waals surface area contributed by atoms with Crippen molar-refractivity contribution >= 4 is 15.9 Å². The summed E-state index contributed by atoms with van der Waals surface area (Å²) in [5.74, 6) is 0. The summed E-state index contributed by atoms with van der Waals surface area (Å²) in [7, 11) is 0. The quantitative estimate of drug-likeness (QED) is 0.732. The predicted molar refractivity (Wildman–Crippen MR) is 84.9 cm³/mol. The van der Waals surface area contributed by atoms with Crippen molar-refractivity contribution in [2.45, 2.75) is 37.9 Å². The monoisotopic (exact) mass is 317 g/mol. The Hall–Kier alpha value is -1.15. The Morgan fingerprint density at radius 2 is 1.95 bits per heavy atom. The van der Waals surface area contributed by atoms with Crippen LogP contribution in [0, 0.1) is 13.8 Å². The van der Waals surface area contributed by atoms with Crippen LogP contribution in [0.25, 0.3) is 0 Å². The first-order chi connectivity index (χ1) is 9.13. The fraction of sp³-hybridized carbons (Fsp3) is 0.353. The number of alkyl halides is 1. The summed E-state index contributed by atoms with van der Waals surface area (Å²) in [5, 5.41) is 0. The molecule has 1 heterocycles. The van der Waals surface area contributed by atoms with Gasteiger partial charge in [0, 0.05) is 23.1 Å². The van der Waals surface area contributed by atoms with Crippen LogP contribution in [0.4, 0.5) is 0 Å². The fourth-order valence-corrected chi connectivity index (χ4v) is 2.70. The van der Waals surface area contributed by atoms with Gasteiger partial charge >= 0.3 is 0 Å². The average Bonchev–Trinajstić information content (AvgIpc) is 2.39. The van der Waals surface area contributed by atoms with Crippen molar-refractivity contribution in [3.05, 3.63) is 65.0 Å². The van der Waals surface area contributed by atoms with Gasteiger partial charge in [0.05, 0.1) is 0 Å². The molecule has 1 atom stereocenters. The van der Waals surface area contributed by atoms with E-state index in [2.05, 4.69) is 71.2 Å². The van der Waals surface area contributed by atoms with Gasteiger partial charge in [-0.2, -0.15) is 0 Å². The summed E-state index contributed by atoms with van der Waals surface area (Å²) >= 11 is 3.77. The van der Waals surface area contributed by atoms with Crippen molar-refractivity contribution in [1.82, 2.24) is 4.98 Å². The Balaban J connectivity index is 1.84. The fourth-order valence-electron chi connectivity index (χ4n) is 2.14. The maximum atomic E-state index is 4.46. The summed E-state index contributed by atoms with van der Waals surface area (Å²) < 4.78 is 0. The molecule has 2 rings (SSSR count). The van der Waals surface area contributed by atoms with E-state index in [9.17, 15) is 0 Å². The van der Waals surface area contributed by atoms with Gasteiger partial charge in [0.25, 0.3) is 0 Å². The van der Waals surface area contributed by atoms with Gasteiger partial charge in [-0.15, -0.1) is 0 Å². The van der Waals surface area contributed by atoms with Crippen LogP contribution in [0.1, 0.15) is 28.8 Å². The Bertz CT molecular complexity index is 519. The van der Waals surface area contributed by atoms with E-state index >= 15 is 0 Å². The minimum Gasteiger partial charge on any atom is -0.261 e. The van der Waals surface area contributed by atoms with E-state index in [4.69, 9.17) is 0 Å².